The van der Waals surface area contributed by atoms with Crippen LogP contribution in [0, 0.1) is 0 Å². The number of phenolic OH excluding ortho intramolecular Hbond substituents is 1. The smallest absolute Gasteiger partial charge is 0.122 e. The third-order valence-corrected chi connectivity index (χ3v) is 7.30. The molecule has 5 aromatic carbocycles. The Morgan fingerprint density at radius 1 is 0.667 bits per heavy atom. The molecule has 1 atom stereocenters. The van der Waals surface area contributed by atoms with Crippen LogP contribution in [0.25, 0.3) is 10.8 Å². The van der Waals surface area contributed by atoms with Crippen LogP contribution < -0.4 is 9.47 Å². The van der Waals surface area contributed by atoms with Crippen molar-refractivity contribution in [2.24, 2.45) is 0 Å². The number of hydrogen-bond acceptors (Lipinski definition) is 4. The molecule has 39 heavy (non-hydrogen) atoms. The number of rotatable bonds is 11. The fourth-order valence-corrected chi connectivity index (χ4v) is 5.40. The zero-order valence-electron chi connectivity index (χ0n) is 22.6. The van der Waals surface area contributed by atoms with Crippen molar-refractivity contribution >= 4 is 10.8 Å². The highest BCUT2D eigenvalue weighted by Gasteiger charge is 2.22. The maximum absolute atomic E-state index is 11.1. The molecule has 0 unspecified atom stereocenters. The lowest BCUT2D eigenvalue weighted by Crippen LogP contribution is -2.25. The van der Waals surface area contributed by atoms with Crippen LogP contribution in [-0.4, -0.2) is 30.8 Å². The van der Waals surface area contributed by atoms with E-state index in [-0.39, 0.29) is 5.92 Å². The number of hydrogen-bond donors (Lipinski definition) is 1. The highest BCUT2D eigenvalue weighted by molar-refractivity contribution is 5.88. The first kappa shape index (κ1) is 26.3. The van der Waals surface area contributed by atoms with Crippen molar-refractivity contribution in [3.05, 3.63) is 138 Å². The van der Waals surface area contributed by atoms with Crippen LogP contribution in [0.4, 0.5) is 0 Å². The summed E-state index contributed by atoms with van der Waals surface area (Å²) in [7, 11) is 3.36. The molecule has 0 fully saturated rings. The van der Waals surface area contributed by atoms with Gasteiger partial charge in [-0.2, -0.15) is 0 Å². The third-order valence-electron chi connectivity index (χ3n) is 7.30. The molecule has 1 N–H and O–H groups in total. The second-order valence-electron chi connectivity index (χ2n) is 9.89. The Morgan fingerprint density at radius 3 is 1.97 bits per heavy atom. The number of ether oxygens (including phenoxy) is 2. The standard InChI is InChI=1S/C35H35NO3/c1-38-30-21-27(22-31(23-30)39-2)25-36(24-26-11-5-3-6-12-26)20-19-33(28-13-7-4-8-14-28)35-32-16-10-9-15-29(32)17-18-34(35)37/h3-18,21-23,33,37H,19-20,24-25H2,1-2H3/t33-/m1/s1. The minimum atomic E-state index is 0.0374. The monoisotopic (exact) mass is 517 g/mol. The van der Waals surface area contributed by atoms with E-state index in [2.05, 4.69) is 83.8 Å². The first-order valence-corrected chi connectivity index (χ1v) is 13.4. The molecule has 0 saturated carbocycles. The maximum atomic E-state index is 11.1. The molecule has 0 aliphatic carbocycles. The Labute approximate surface area is 231 Å². The molecule has 0 amide bonds. The van der Waals surface area contributed by atoms with Gasteiger partial charge in [-0.05, 0) is 58.6 Å². The lowest BCUT2D eigenvalue weighted by atomic mass is 9.84. The van der Waals surface area contributed by atoms with Crippen LogP contribution in [0.2, 0.25) is 0 Å². The second-order valence-corrected chi connectivity index (χ2v) is 9.89. The molecule has 0 aliphatic rings. The average molecular weight is 518 g/mol. The van der Waals surface area contributed by atoms with E-state index in [1.54, 1.807) is 14.2 Å². The van der Waals surface area contributed by atoms with Crippen LogP contribution in [0.3, 0.4) is 0 Å². The predicted octanol–water partition coefficient (Wildman–Crippen LogP) is 7.79. The van der Waals surface area contributed by atoms with Crippen molar-refractivity contribution in [1.82, 2.24) is 4.90 Å². The fourth-order valence-electron chi connectivity index (χ4n) is 5.40. The van der Waals surface area contributed by atoms with Crippen molar-refractivity contribution in [3.63, 3.8) is 0 Å². The molecule has 4 heteroatoms. The predicted molar refractivity (Wildman–Crippen MR) is 159 cm³/mol. The SMILES string of the molecule is COc1cc(CN(CC[C@H](c2ccccc2)c2c(O)ccc3ccccc23)Cc2ccccc2)cc(OC)c1. The first-order valence-electron chi connectivity index (χ1n) is 13.4. The zero-order valence-corrected chi connectivity index (χ0v) is 22.6. The van der Waals surface area contributed by atoms with Gasteiger partial charge < -0.3 is 14.6 Å². The molecule has 198 valence electrons. The van der Waals surface area contributed by atoms with E-state index in [1.165, 1.54) is 11.1 Å². The summed E-state index contributed by atoms with van der Waals surface area (Å²) in [6.45, 7) is 2.38. The molecule has 0 bridgehead atoms. The minimum Gasteiger partial charge on any atom is -0.508 e. The quantitative estimate of drug-likeness (QED) is 0.194. The van der Waals surface area contributed by atoms with Crippen LogP contribution in [0.5, 0.6) is 17.2 Å². The van der Waals surface area contributed by atoms with Crippen molar-refractivity contribution in [1.29, 1.82) is 0 Å². The van der Waals surface area contributed by atoms with Crippen LogP contribution in [-0.2, 0) is 13.1 Å². The summed E-state index contributed by atoms with van der Waals surface area (Å²) in [5.41, 5.74) is 4.58. The van der Waals surface area contributed by atoms with Gasteiger partial charge in [0.25, 0.3) is 0 Å². The first-order chi connectivity index (χ1) is 19.1. The highest BCUT2D eigenvalue weighted by atomic mass is 16.5. The number of methoxy groups -OCH3 is 2. The van der Waals surface area contributed by atoms with Gasteiger partial charge in [0, 0.05) is 30.6 Å². The van der Waals surface area contributed by atoms with Gasteiger partial charge in [-0.25, -0.2) is 0 Å². The lowest BCUT2D eigenvalue weighted by Gasteiger charge is -2.27. The minimum absolute atomic E-state index is 0.0374. The molecule has 5 aromatic rings. The molecule has 5 rings (SSSR count). The van der Waals surface area contributed by atoms with E-state index in [9.17, 15) is 5.11 Å². The van der Waals surface area contributed by atoms with E-state index in [0.717, 1.165) is 59.5 Å². The molecule has 0 heterocycles. The van der Waals surface area contributed by atoms with Crippen molar-refractivity contribution < 1.29 is 14.6 Å². The normalized spacial score (nSPS) is 12.0. The molecule has 0 spiro atoms. The molecular weight excluding hydrogens is 482 g/mol. The molecule has 0 aliphatic heterocycles. The topological polar surface area (TPSA) is 41.9 Å². The van der Waals surface area contributed by atoms with E-state index < -0.39 is 0 Å². The van der Waals surface area contributed by atoms with Crippen LogP contribution in [0.15, 0.2) is 115 Å². The van der Waals surface area contributed by atoms with Gasteiger partial charge in [0.15, 0.2) is 0 Å². The number of benzene rings is 5. The summed E-state index contributed by atoms with van der Waals surface area (Å²) in [6.07, 6.45) is 0.847. The fraction of sp³-hybridized carbons (Fsp3) is 0.200. The Hall–Kier alpha value is -4.28. The van der Waals surface area contributed by atoms with E-state index >= 15 is 0 Å². The lowest BCUT2D eigenvalue weighted by molar-refractivity contribution is 0.248. The van der Waals surface area contributed by atoms with Gasteiger partial charge in [0.05, 0.1) is 14.2 Å². The Kier molecular flexibility index (Phi) is 8.45. The summed E-state index contributed by atoms with van der Waals surface area (Å²) in [4.78, 5) is 2.46. The largest absolute Gasteiger partial charge is 0.508 e. The van der Waals surface area contributed by atoms with Gasteiger partial charge >= 0.3 is 0 Å². The summed E-state index contributed by atoms with van der Waals surface area (Å²) >= 11 is 0. The average Bonchev–Trinajstić information content (AvgIpc) is 2.99. The number of aromatic hydroxyl groups is 1. The molecular formula is C35H35NO3. The van der Waals surface area contributed by atoms with Gasteiger partial charge in [-0.3, -0.25) is 4.90 Å². The Bertz CT molecular complexity index is 1480. The Balaban J connectivity index is 1.49. The van der Waals surface area contributed by atoms with Crippen molar-refractivity contribution in [3.8, 4) is 17.2 Å². The molecule has 0 aromatic heterocycles. The van der Waals surface area contributed by atoms with Crippen LogP contribution in [0.1, 0.15) is 34.6 Å². The summed E-state index contributed by atoms with van der Waals surface area (Å²) in [6, 6.07) is 39.3. The molecule has 0 radical (unpaired) electrons. The van der Waals surface area contributed by atoms with Crippen molar-refractivity contribution in [2.45, 2.75) is 25.4 Å². The Morgan fingerprint density at radius 2 is 1.28 bits per heavy atom. The summed E-state index contributed by atoms with van der Waals surface area (Å²) < 4.78 is 11.1. The van der Waals surface area contributed by atoms with Gasteiger partial charge in [-0.1, -0.05) is 91.0 Å². The second kappa shape index (κ2) is 12.5. The van der Waals surface area contributed by atoms with Gasteiger partial charge in [0.1, 0.15) is 17.2 Å². The van der Waals surface area contributed by atoms with E-state index in [0.29, 0.717) is 5.75 Å². The number of fused-ring (bicyclic) bond motifs is 1. The van der Waals surface area contributed by atoms with Gasteiger partial charge in [-0.15, -0.1) is 0 Å². The maximum Gasteiger partial charge on any atom is 0.122 e. The van der Waals surface area contributed by atoms with E-state index in [4.69, 9.17) is 9.47 Å². The van der Waals surface area contributed by atoms with Crippen molar-refractivity contribution in [2.75, 3.05) is 20.8 Å². The third kappa shape index (κ3) is 6.42. The zero-order chi connectivity index (χ0) is 27.0. The highest BCUT2D eigenvalue weighted by Crippen LogP contribution is 2.39. The summed E-state index contributed by atoms with van der Waals surface area (Å²) in [5, 5.41) is 13.4. The number of nitrogens with zero attached hydrogens (tertiary/aromatic N) is 1. The van der Waals surface area contributed by atoms with Crippen LogP contribution >= 0.6 is 0 Å². The molecule has 4 nitrogen and oxygen atoms in total. The van der Waals surface area contributed by atoms with Gasteiger partial charge in [0.2, 0.25) is 0 Å². The summed E-state index contributed by atoms with van der Waals surface area (Å²) in [5.74, 6) is 1.95. The van der Waals surface area contributed by atoms with E-state index in [1.807, 2.05) is 36.4 Å². The number of phenols is 1. The molecule has 0 saturated heterocycles.